The molecule has 1 saturated heterocycles. The summed E-state index contributed by atoms with van der Waals surface area (Å²) >= 11 is 0. The van der Waals surface area contributed by atoms with Gasteiger partial charge in [0.2, 0.25) is 11.8 Å². The van der Waals surface area contributed by atoms with Gasteiger partial charge in [0.15, 0.2) is 0 Å². The van der Waals surface area contributed by atoms with Gasteiger partial charge in [-0.15, -0.1) is 10.2 Å². The van der Waals surface area contributed by atoms with Crippen LogP contribution in [0.1, 0.15) is 23.9 Å². The fourth-order valence-electron chi connectivity index (χ4n) is 3.34. The Balaban J connectivity index is 1.62. The third-order valence-electron chi connectivity index (χ3n) is 4.83. The summed E-state index contributed by atoms with van der Waals surface area (Å²) in [6, 6.07) is 12.6. The van der Waals surface area contributed by atoms with E-state index in [-0.39, 0.29) is 23.9 Å². The molecule has 3 amide bonds. The minimum Gasteiger partial charge on any atom is -0.419 e. The molecule has 30 heavy (non-hydrogen) atoms. The Morgan fingerprint density at radius 1 is 1.03 bits per heavy atom. The van der Waals surface area contributed by atoms with Crippen LogP contribution in [0.5, 0.6) is 0 Å². The highest BCUT2D eigenvalue weighted by Crippen LogP contribution is 2.39. The molecule has 1 N–H and O–H groups in total. The van der Waals surface area contributed by atoms with Crippen LogP contribution in [-0.4, -0.2) is 27.0 Å². The molecule has 0 bridgehead atoms. The van der Waals surface area contributed by atoms with E-state index in [2.05, 4.69) is 15.5 Å². The zero-order valence-electron chi connectivity index (χ0n) is 15.6. The smallest absolute Gasteiger partial charge is 0.416 e. The SMILES string of the molecule is CC1(c2ccccc2C(F)(F)F)NC(=O)N(Cc2nnc(-c3ccccc3)o2)C1=O. The van der Waals surface area contributed by atoms with E-state index in [4.69, 9.17) is 4.42 Å². The van der Waals surface area contributed by atoms with Gasteiger partial charge in [-0.25, -0.2) is 4.79 Å². The summed E-state index contributed by atoms with van der Waals surface area (Å²) in [6.07, 6.45) is -4.69. The molecule has 1 aliphatic rings. The minimum absolute atomic E-state index is 0.0225. The Morgan fingerprint density at radius 2 is 1.70 bits per heavy atom. The number of hydrogen-bond donors (Lipinski definition) is 1. The van der Waals surface area contributed by atoms with Gasteiger partial charge in [0.05, 0.1) is 5.56 Å². The maximum atomic E-state index is 13.4. The monoisotopic (exact) mass is 416 g/mol. The number of rotatable bonds is 4. The first-order chi connectivity index (χ1) is 14.2. The Labute approximate surface area is 168 Å². The standard InChI is InChI=1S/C20H15F3N4O3/c1-19(13-9-5-6-10-14(13)20(21,22)23)17(28)27(18(29)24-19)11-15-25-26-16(30-15)12-7-3-2-4-8-12/h2-10H,11H2,1H3,(H,24,29). The quantitative estimate of drug-likeness (QED) is 0.655. The Bertz CT molecular complexity index is 1110. The molecule has 1 fully saturated rings. The second-order valence-corrected chi connectivity index (χ2v) is 6.86. The van der Waals surface area contributed by atoms with Crippen LogP contribution in [0.4, 0.5) is 18.0 Å². The molecule has 1 aromatic heterocycles. The van der Waals surface area contributed by atoms with Gasteiger partial charge < -0.3 is 9.73 Å². The first-order valence-corrected chi connectivity index (χ1v) is 8.89. The van der Waals surface area contributed by atoms with E-state index in [9.17, 15) is 22.8 Å². The third kappa shape index (κ3) is 3.30. The normalized spacial score (nSPS) is 19.3. The van der Waals surface area contributed by atoms with Crippen molar-refractivity contribution in [1.29, 1.82) is 0 Å². The minimum atomic E-state index is -4.69. The van der Waals surface area contributed by atoms with E-state index in [0.717, 1.165) is 11.0 Å². The lowest BCUT2D eigenvalue weighted by Crippen LogP contribution is -2.42. The summed E-state index contributed by atoms with van der Waals surface area (Å²) in [5.74, 6) is -0.669. The topological polar surface area (TPSA) is 88.3 Å². The second-order valence-electron chi connectivity index (χ2n) is 6.86. The van der Waals surface area contributed by atoms with Gasteiger partial charge in [-0.3, -0.25) is 9.69 Å². The molecular weight excluding hydrogens is 401 g/mol. The first-order valence-electron chi connectivity index (χ1n) is 8.89. The van der Waals surface area contributed by atoms with Crippen LogP contribution in [0.3, 0.4) is 0 Å². The third-order valence-corrected chi connectivity index (χ3v) is 4.83. The van der Waals surface area contributed by atoms with Crippen molar-refractivity contribution in [3.8, 4) is 11.5 Å². The number of nitrogens with zero attached hydrogens (tertiary/aromatic N) is 3. The number of carbonyl (C=O) groups is 2. The van der Waals surface area contributed by atoms with Gasteiger partial charge in [-0.1, -0.05) is 36.4 Å². The summed E-state index contributed by atoms with van der Waals surface area (Å²) in [7, 11) is 0. The van der Waals surface area contributed by atoms with Crippen molar-refractivity contribution in [1.82, 2.24) is 20.4 Å². The zero-order chi connectivity index (χ0) is 21.5. The van der Waals surface area contributed by atoms with E-state index in [0.29, 0.717) is 5.56 Å². The zero-order valence-corrected chi connectivity index (χ0v) is 15.6. The van der Waals surface area contributed by atoms with E-state index in [1.54, 1.807) is 24.3 Å². The largest absolute Gasteiger partial charge is 0.419 e. The van der Waals surface area contributed by atoms with Gasteiger partial charge in [0, 0.05) is 5.56 Å². The van der Waals surface area contributed by atoms with Gasteiger partial charge in [0.1, 0.15) is 12.1 Å². The lowest BCUT2D eigenvalue weighted by Gasteiger charge is -2.25. The fourth-order valence-corrected chi connectivity index (χ4v) is 3.34. The molecule has 0 aliphatic carbocycles. The fraction of sp³-hybridized carbons (Fsp3) is 0.200. The van der Waals surface area contributed by atoms with Crippen molar-refractivity contribution in [3.63, 3.8) is 0 Å². The van der Waals surface area contributed by atoms with Crippen LogP contribution < -0.4 is 5.32 Å². The summed E-state index contributed by atoms with van der Waals surface area (Å²) in [6.45, 7) is 0.870. The molecule has 0 radical (unpaired) electrons. The molecule has 1 aliphatic heterocycles. The lowest BCUT2D eigenvalue weighted by atomic mass is 9.88. The number of carbonyl (C=O) groups excluding carboxylic acids is 2. The lowest BCUT2D eigenvalue weighted by molar-refractivity contribution is -0.140. The summed E-state index contributed by atoms with van der Waals surface area (Å²) in [5, 5.41) is 10.1. The maximum Gasteiger partial charge on any atom is 0.416 e. The maximum absolute atomic E-state index is 13.4. The van der Waals surface area contributed by atoms with Crippen LogP contribution in [0, 0.1) is 0 Å². The van der Waals surface area contributed by atoms with Crippen LogP contribution in [0.2, 0.25) is 0 Å². The number of amides is 3. The predicted octanol–water partition coefficient (Wildman–Crippen LogP) is 3.72. The number of imide groups is 1. The molecule has 1 atom stereocenters. The molecule has 1 unspecified atom stereocenters. The van der Waals surface area contributed by atoms with Gasteiger partial charge in [0.25, 0.3) is 5.91 Å². The van der Waals surface area contributed by atoms with Crippen LogP contribution in [-0.2, 0) is 23.1 Å². The molecule has 3 aromatic rings. The molecule has 154 valence electrons. The van der Waals surface area contributed by atoms with E-state index >= 15 is 0 Å². The molecule has 10 heteroatoms. The van der Waals surface area contributed by atoms with Gasteiger partial charge in [-0.2, -0.15) is 13.2 Å². The first kappa shape index (κ1) is 19.6. The van der Waals surface area contributed by atoms with E-state index in [1.807, 2.05) is 6.07 Å². The average Bonchev–Trinajstić information content (AvgIpc) is 3.27. The number of nitrogens with one attached hydrogen (secondary N) is 1. The highest BCUT2D eigenvalue weighted by Gasteiger charge is 2.52. The molecule has 0 spiro atoms. The van der Waals surface area contributed by atoms with Crippen LogP contribution in [0.25, 0.3) is 11.5 Å². The Hall–Kier alpha value is -3.69. The van der Waals surface area contributed by atoms with Crippen molar-refractivity contribution < 1.29 is 27.2 Å². The van der Waals surface area contributed by atoms with Crippen molar-refractivity contribution in [3.05, 3.63) is 71.6 Å². The second kappa shape index (κ2) is 6.97. The summed E-state index contributed by atoms with van der Waals surface area (Å²) in [5.41, 5.74) is -2.57. The molecular formula is C20H15F3N4O3. The highest BCUT2D eigenvalue weighted by atomic mass is 19.4. The molecule has 7 nitrogen and oxygen atoms in total. The Kier molecular flexibility index (Phi) is 4.56. The van der Waals surface area contributed by atoms with Crippen molar-refractivity contribution in [2.75, 3.05) is 0 Å². The van der Waals surface area contributed by atoms with Crippen LogP contribution in [0.15, 0.2) is 59.0 Å². The number of benzene rings is 2. The number of urea groups is 1. The summed E-state index contributed by atoms with van der Waals surface area (Å²) < 4.78 is 45.8. The van der Waals surface area contributed by atoms with E-state index < -0.39 is 29.2 Å². The number of aromatic nitrogens is 2. The number of alkyl halides is 3. The number of hydrogen-bond acceptors (Lipinski definition) is 5. The van der Waals surface area contributed by atoms with Crippen LogP contribution >= 0.6 is 0 Å². The molecule has 2 heterocycles. The van der Waals surface area contributed by atoms with Crippen molar-refractivity contribution in [2.45, 2.75) is 25.2 Å². The van der Waals surface area contributed by atoms with Gasteiger partial charge in [-0.05, 0) is 30.7 Å². The van der Waals surface area contributed by atoms with Gasteiger partial charge >= 0.3 is 12.2 Å². The van der Waals surface area contributed by atoms with Crippen molar-refractivity contribution >= 4 is 11.9 Å². The Morgan fingerprint density at radius 3 is 2.40 bits per heavy atom. The van der Waals surface area contributed by atoms with E-state index in [1.165, 1.54) is 25.1 Å². The molecule has 0 saturated carbocycles. The average molecular weight is 416 g/mol. The molecule has 2 aromatic carbocycles. The molecule has 4 rings (SSSR count). The summed E-state index contributed by atoms with van der Waals surface area (Å²) in [4.78, 5) is 26.2. The van der Waals surface area contributed by atoms with Crippen molar-refractivity contribution in [2.24, 2.45) is 0 Å². The number of halogens is 3. The highest BCUT2D eigenvalue weighted by molar-refractivity contribution is 6.07. The predicted molar refractivity (Wildman–Crippen MR) is 97.6 cm³/mol.